The van der Waals surface area contributed by atoms with Crippen LogP contribution in [0.25, 0.3) is 11.3 Å². The zero-order chi connectivity index (χ0) is 12.7. The minimum absolute atomic E-state index is 0.0500. The lowest BCUT2D eigenvalue weighted by Crippen LogP contribution is -2.20. The van der Waals surface area contributed by atoms with Crippen LogP contribution < -0.4 is 5.56 Å². The summed E-state index contributed by atoms with van der Waals surface area (Å²) < 4.78 is 1.53. The molecule has 1 aliphatic heterocycles. The fourth-order valence-corrected chi connectivity index (χ4v) is 2.97. The van der Waals surface area contributed by atoms with Gasteiger partial charge in [0.05, 0.1) is 16.3 Å². The number of hydrogen-bond donors (Lipinski definition) is 0. The summed E-state index contributed by atoms with van der Waals surface area (Å²) in [6.45, 7) is 3.90. The Morgan fingerprint density at radius 3 is 2.78 bits per heavy atom. The Balaban J connectivity index is 2.18. The van der Waals surface area contributed by atoms with Crippen molar-refractivity contribution in [1.29, 1.82) is 0 Å². The number of halogens is 1. The van der Waals surface area contributed by atoms with E-state index in [0.29, 0.717) is 9.92 Å². The van der Waals surface area contributed by atoms with E-state index in [2.05, 4.69) is 11.6 Å². The van der Waals surface area contributed by atoms with Crippen molar-refractivity contribution in [1.82, 2.24) is 9.55 Å². The molecule has 2 aromatic rings. The van der Waals surface area contributed by atoms with Gasteiger partial charge in [-0.3, -0.25) is 9.36 Å². The highest BCUT2D eigenvalue weighted by Crippen LogP contribution is 2.33. The monoisotopic (exact) mass is 276 g/mol. The first-order valence-corrected chi connectivity index (χ1v) is 6.72. The van der Waals surface area contributed by atoms with E-state index in [-0.39, 0.29) is 5.56 Å². The molecule has 0 N–H and O–H groups in total. The van der Waals surface area contributed by atoms with Gasteiger partial charge in [0.1, 0.15) is 6.33 Å². The van der Waals surface area contributed by atoms with Crippen LogP contribution in [0, 0.1) is 0 Å². The Hall–Kier alpha value is -1.52. The van der Waals surface area contributed by atoms with Gasteiger partial charge in [-0.15, -0.1) is 11.8 Å². The van der Waals surface area contributed by atoms with Crippen LogP contribution in [0.1, 0.15) is 5.69 Å². The van der Waals surface area contributed by atoms with Crippen molar-refractivity contribution in [3.63, 3.8) is 0 Å². The predicted octanol–water partition coefficient (Wildman–Crippen LogP) is 3.00. The molecule has 0 bridgehead atoms. The van der Waals surface area contributed by atoms with Crippen LogP contribution in [0.2, 0.25) is 5.02 Å². The lowest BCUT2D eigenvalue weighted by atomic mass is 10.2. The standard InChI is InChI=1S/C13H9ClN2OS/c1-8-6-18-12-11(8)15-7-16(13(12)17)10-4-2-9(14)3-5-10/h2-5,7H,1,6H2. The molecule has 5 heteroatoms. The molecule has 2 heterocycles. The second-order valence-electron chi connectivity index (χ2n) is 3.97. The molecule has 0 atom stereocenters. The lowest BCUT2D eigenvalue weighted by molar-refractivity contribution is 0.885. The van der Waals surface area contributed by atoms with Gasteiger partial charge in [-0.2, -0.15) is 0 Å². The first kappa shape index (κ1) is 11.6. The van der Waals surface area contributed by atoms with Crippen LogP contribution in [0.4, 0.5) is 0 Å². The quantitative estimate of drug-likeness (QED) is 0.803. The van der Waals surface area contributed by atoms with Crippen molar-refractivity contribution < 1.29 is 0 Å². The highest BCUT2D eigenvalue weighted by atomic mass is 35.5. The fraction of sp³-hybridized carbons (Fsp3) is 0.0769. The predicted molar refractivity (Wildman–Crippen MR) is 74.6 cm³/mol. The molecule has 0 amide bonds. The molecule has 3 rings (SSSR count). The Labute approximate surface area is 113 Å². The maximum absolute atomic E-state index is 12.3. The molecule has 1 aliphatic rings. The lowest BCUT2D eigenvalue weighted by Gasteiger charge is -2.06. The van der Waals surface area contributed by atoms with Gasteiger partial charge < -0.3 is 0 Å². The summed E-state index contributed by atoms with van der Waals surface area (Å²) in [5.41, 5.74) is 2.36. The number of benzene rings is 1. The summed E-state index contributed by atoms with van der Waals surface area (Å²) in [6.07, 6.45) is 1.54. The van der Waals surface area contributed by atoms with Crippen molar-refractivity contribution in [3.05, 3.63) is 58.2 Å². The molecule has 0 saturated carbocycles. The van der Waals surface area contributed by atoms with Gasteiger partial charge in [0.2, 0.25) is 0 Å². The van der Waals surface area contributed by atoms with Gasteiger partial charge in [-0.1, -0.05) is 18.2 Å². The molecule has 0 saturated heterocycles. The molecule has 18 heavy (non-hydrogen) atoms. The third-order valence-corrected chi connectivity index (χ3v) is 4.16. The number of hydrogen-bond acceptors (Lipinski definition) is 3. The molecular weight excluding hydrogens is 268 g/mol. The molecule has 0 aliphatic carbocycles. The first-order chi connectivity index (χ1) is 8.66. The first-order valence-electron chi connectivity index (χ1n) is 5.35. The van der Waals surface area contributed by atoms with Crippen LogP contribution in [0.5, 0.6) is 0 Å². The molecule has 0 spiro atoms. The van der Waals surface area contributed by atoms with Crippen molar-refractivity contribution in [2.45, 2.75) is 4.90 Å². The van der Waals surface area contributed by atoms with Crippen LogP contribution >= 0.6 is 23.4 Å². The number of nitrogens with zero attached hydrogens (tertiary/aromatic N) is 2. The molecule has 0 fully saturated rings. The van der Waals surface area contributed by atoms with E-state index in [1.807, 2.05) is 0 Å². The van der Waals surface area contributed by atoms with Crippen molar-refractivity contribution in [2.75, 3.05) is 5.75 Å². The number of fused-ring (bicyclic) bond motifs is 1. The third-order valence-electron chi connectivity index (χ3n) is 2.76. The molecule has 0 radical (unpaired) electrons. The number of aromatic nitrogens is 2. The maximum Gasteiger partial charge on any atom is 0.272 e. The van der Waals surface area contributed by atoms with E-state index in [4.69, 9.17) is 11.6 Å². The van der Waals surface area contributed by atoms with Gasteiger partial charge in [0.25, 0.3) is 5.56 Å². The minimum Gasteiger partial charge on any atom is -0.268 e. The molecule has 1 aromatic heterocycles. The largest absolute Gasteiger partial charge is 0.272 e. The van der Waals surface area contributed by atoms with E-state index in [1.54, 1.807) is 30.6 Å². The van der Waals surface area contributed by atoms with Gasteiger partial charge >= 0.3 is 0 Å². The highest BCUT2D eigenvalue weighted by molar-refractivity contribution is 8.00. The SMILES string of the molecule is C=C1CSc2c1ncn(-c1ccc(Cl)cc1)c2=O. The van der Waals surface area contributed by atoms with Crippen LogP contribution in [-0.4, -0.2) is 15.3 Å². The van der Waals surface area contributed by atoms with Gasteiger partial charge in [-0.05, 0) is 29.8 Å². The highest BCUT2D eigenvalue weighted by Gasteiger charge is 2.21. The second kappa shape index (κ2) is 4.30. The van der Waals surface area contributed by atoms with E-state index in [9.17, 15) is 4.79 Å². The Morgan fingerprint density at radius 2 is 2.06 bits per heavy atom. The zero-order valence-electron chi connectivity index (χ0n) is 9.39. The van der Waals surface area contributed by atoms with E-state index < -0.39 is 0 Å². The van der Waals surface area contributed by atoms with Crippen LogP contribution in [0.15, 0.2) is 46.9 Å². The number of thioether (sulfide) groups is 1. The average molecular weight is 277 g/mol. The van der Waals surface area contributed by atoms with Crippen molar-refractivity contribution >= 4 is 28.9 Å². The summed E-state index contributed by atoms with van der Waals surface area (Å²) in [7, 11) is 0. The van der Waals surface area contributed by atoms with Crippen molar-refractivity contribution in [3.8, 4) is 5.69 Å². The molecule has 1 aromatic carbocycles. The normalized spacial score (nSPS) is 13.7. The topological polar surface area (TPSA) is 34.9 Å². The summed E-state index contributed by atoms with van der Waals surface area (Å²) in [5, 5.41) is 0.642. The summed E-state index contributed by atoms with van der Waals surface area (Å²) >= 11 is 7.33. The third kappa shape index (κ3) is 1.78. The van der Waals surface area contributed by atoms with Crippen LogP contribution in [-0.2, 0) is 0 Å². The average Bonchev–Trinajstić information content (AvgIpc) is 2.74. The van der Waals surface area contributed by atoms with Gasteiger partial charge in [-0.25, -0.2) is 4.98 Å². The molecular formula is C13H9ClN2OS. The van der Waals surface area contributed by atoms with Crippen molar-refractivity contribution in [2.24, 2.45) is 0 Å². The Kier molecular flexibility index (Phi) is 2.76. The van der Waals surface area contributed by atoms with E-state index >= 15 is 0 Å². The van der Waals surface area contributed by atoms with E-state index in [0.717, 1.165) is 22.7 Å². The molecule has 0 unspecified atom stereocenters. The fourth-order valence-electron chi connectivity index (χ4n) is 1.83. The van der Waals surface area contributed by atoms with Gasteiger partial charge in [0.15, 0.2) is 0 Å². The van der Waals surface area contributed by atoms with E-state index in [1.165, 1.54) is 16.3 Å². The van der Waals surface area contributed by atoms with Crippen LogP contribution in [0.3, 0.4) is 0 Å². The Morgan fingerprint density at radius 1 is 1.33 bits per heavy atom. The zero-order valence-corrected chi connectivity index (χ0v) is 11.0. The van der Waals surface area contributed by atoms with Gasteiger partial charge in [0, 0.05) is 10.8 Å². The number of rotatable bonds is 1. The summed E-state index contributed by atoms with van der Waals surface area (Å²) in [6, 6.07) is 7.10. The molecule has 90 valence electrons. The summed E-state index contributed by atoms with van der Waals surface area (Å²) in [5.74, 6) is 0.738. The minimum atomic E-state index is -0.0500. The molecule has 3 nitrogen and oxygen atoms in total. The maximum atomic E-state index is 12.3. The second-order valence-corrected chi connectivity index (χ2v) is 5.39. The Bertz CT molecular complexity index is 691. The summed E-state index contributed by atoms with van der Waals surface area (Å²) in [4.78, 5) is 17.3. The smallest absolute Gasteiger partial charge is 0.268 e.